The molecule has 3 nitrogen and oxygen atoms in total. The lowest BCUT2D eigenvalue weighted by molar-refractivity contribution is 0.617. The Balaban J connectivity index is 2.02. The van der Waals surface area contributed by atoms with Crippen molar-refractivity contribution in [3.8, 4) is 0 Å². The highest BCUT2D eigenvalue weighted by Crippen LogP contribution is 2.23. The number of halogens is 1. The average Bonchev–Trinajstić information content (AvgIpc) is 2.57. The standard InChI is InChI=1S/C18H15FN2OS/c1-2-11-21-17(22)14-8-4-6-10-16(14)20-18(21)23-12-13-7-3-5-9-15(13)19/h2-10H,1,11-12H2. The Hall–Kier alpha value is -2.40. The molecule has 0 atom stereocenters. The van der Waals surface area contributed by atoms with Gasteiger partial charge < -0.3 is 0 Å². The third-order valence-corrected chi connectivity index (χ3v) is 4.48. The van der Waals surface area contributed by atoms with E-state index in [-0.39, 0.29) is 11.4 Å². The summed E-state index contributed by atoms with van der Waals surface area (Å²) in [5.74, 6) is 0.160. The highest BCUT2D eigenvalue weighted by atomic mass is 32.2. The molecule has 0 aliphatic rings. The predicted octanol–water partition coefficient (Wildman–Crippen LogP) is 4.01. The molecule has 0 N–H and O–H groups in total. The smallest absolute Gasteiger partial charge is 0.262 e. The largest absolute Gasteiger partial charge is 0.283 e. The second-order valence-electron chi connectivity index (χ2n) is 5.00. The monoisotopic (exact) mass is 326 g/mol. The minimum Gasteiger partial charge on any atom is -0.283 e. The summed E-state index contributed by atoms with van der Waals surface area (Å²) < 4.78 is 15.3. The average molecular weight is 326 g/mol. The molecule has 0 radical (unpaired) electrons. The summed E-state index contributed by atoms with van der Waals surface area (Å²) in [4.78, 5) is 17.2. The third kappa shape index (κ3) is 3.19. The van der Waals surface area contributed by atoms with Crippen LogP contribution < -0.4 is 5.56 Å². The van der Waals surface area contributed by atoms with E-state index in [2.05, 4.69) is 11.6 Å². The van der Waals surface area contributed by atoms with Gasteiger partial charge in [-0.1, -0.05) is 48.2 Å². The zero-order chi connectivity index (χ0) is 16.2. The molecule has 0 unspecified atom stereocenters. The number of rotatable bonds is 5. The van der Waals surface area contributed by atoms with Gasteiger partial charge in [-0.05, 0) is 23.8 Å². The van der Waals surface area contributed by atoms with E-state index in [1.54, 1.807) is 34.9 Å². The molecule has 3 rings (SSSR count). The Morgan fingerprint density at radius 2 is 1.91 bits per heavy atom. The van der Waals surface area contributed by atoms with Gasteiger partial charge in [-0.3, -0.25) is 9.36 Å². The van der Waals surface area contributed by atoms with Gasteiger partial charge in [-0.25, -0.2) is 9.37 Å². The van der Waals surface area contributed by atoms with Crippen molar-refractivity contribution in [3.05, 3.63) is 82.9 Å². The van der Waals surface area contributed by atoms with Crippen molar-refractivity contribution in [2.45, 2.75) is 17.5 Å². The van der Waals surface area contributed by atoms with Crippen LogP contribution in [0.15, 0.2) is 71.1 Å². The minimum atomic E-state index is -0.251. The second kappa shape index (κ2) is 6.79. The lowest BCUT2D eigenvalue weighted by Gasteiger charge is -2.11. The summed E-state index contributed by atoms with van der Waals surface area (Å²) in [5.41, 5.74) is 1.13. The highest BCUT2D eigenvalue weighted by Gasteiger charge is 2.11. The molecule has 0 aliphatic carbocycles. The lowest BCUT2D eigenvalue weighted by Crippen LogP contribution is -2.22. The fourth-order valence-electron chi connectivity index (χ4n) is 2.31. The Bertz CT molecular complexity index is 920. The normalized spacial score (nSPS) is 10.8. The molecular formula is C18H15FN2OS. The molecular weight excluding hydrogens is 311 g/mol. The van der Waals surface area contributed by atoms with Gasteiger partial charge in [-0.15, -0.1) is 6.58 Å². The molecule has 0 amide bonds. The number of para-hydroxylation sites is 1. The Morgan fingerprint density at radius 1 is 1.17 bits per heavy atom. The van der Waals surface area contributed by atoms with E-state index in [9.17, 15) is 9.18 Å². The maximum Gasteiger partial charge on any atom is 0.262 e. The number of allylic oxidation sites excluding steroid dienone is 1. The van der Waals surface area contributed by atoms with Crippen LogP contribution in [0.1, 0.15) is 5.56 Å². The molecule has 0 saturated heterocycles. The van der Waals surface area contributed by atoms with E-state index in [4.69, 9.17) is 0 Å². The summed E-state index contributed by atoms with van der Waals surface area (Å²) in [7, 11) is 0. The maximum absolute atomic E-state index is 13.8. The molecule has 0 fully saturated rings. The van der Waals surface area contributed by atoms with Crippen molar-refractivity contribution in [1.29, 1.82) is 0 Å². The summed E-state index contributed by atoms with van der Waals surface area (Å²) in [5, 5.41) is 1.14. The van der Waals surface area contributed by atoms with Crippen LogP contribution in [0.5, 0.6) is 0 Å². The van der Waals surface area contributed by atoms with Crippen LogP contribution in [0, 0.1) is 5.82 Å². The number of hydrogen-bond acceptors (Lipinski definition) is 3. The first-order valence-corrected chi connectivity index (χ1v) is 8.16. The van der Waals surface area contributed by atoms with Crippen molar-refractivity contribution in [1.82, 2.24) is 9.55 Å². The lowest BCUT2D eigenvalue weighted by atomic mass is 10.2. The summed E-state index contributed by atoms with van der Waals surface area (Å²) >= 11 is 1.35. The van der Waals surface area contributed by atoms with Gasteiger partial charge >= 0.3 is 0 Å². The summed E-state index contributed by atoms with van der Waals surface area (Å²) in [6, 6.07) is 13.8. The molecule has 2 aromatic carbocycles. The van der Waals surface area contributed by atoms with Crippen molar-refractivity contribution < 1.29 is 4.39 Å². The van der Waals surface area contributed by atoms with Crippen LogP contribution in [0.2, 0.25) is 0 Å². The number of fused-ring (bicyclic) bond motifs is 1. The Morgan fingerprint density at radius 3 is 2.70 bits per heavy atom. The number of nitrogens with zero attached hydrogens (tertiary/aromatic N) is 2. The molecule has 116 valence electrons. The second-order valence-corrected chi connectivity index (χ2v) is 5.94. The molecule has 0 aliphatic heterocycles. The maximum atomic E-state index is 13.8. The van der Waals surface area contributed by atoms with E-state index >= 15 is 0 Å². The molecule has 1 aromatic heterocycles. The van der Waals surface area contributed by atoms with E-state index in [1.807, 2.05) is 18.2 Å². The van der Waals surface area contributed by atoms with Gasteiger partial charge in [-0.2, -0.15) is 0 Å². The van der Waals surface area contributed by atoms with Gasteiger partial charge in [0.1, 0.15) is 5.82 Å². The van der Waals surface area contributed by atoms with Crippen LogP contribution in [-0.4, -0.2) is 9.55 Å². The number of hydrogen-bond donors (Lipinski definition) is 0. The van der Waals surface area contributed by atoms with E-state index in [0.717, 1.165) is 0 Å². The number of thioether (sulfide) groups is 1. The van der Waals surface area contributed by atoms with E-state index in [0.29, 0.717) is 33.9 Å². The summed E-state index contributed by atoms with van der Waals surface area (Å²) in [6.45, 7) is 4.07. The van der Waals surface area contributed by atoms with Gasteiger partial charge in [0.25, 0.3) is 5.56 Å². The van der Waals surface area contributed by atoms with Crippen LogP contribution in [0.3, 0.4) is 0 Å². The van der Waals surface area contributed by atoms with Gasteiger partial charge in [0.2, 0.25) is 0 Å². The van der Waals surface area contributed by atoms with Crippen molar-refractivity contribution in [2.75, 3.05) is 0 Å². The van der Waals surface area contributed by atoms with Crippen molar-refractivity contribution in [3.63, 3.8) is 0 Å². The Labute approximate surface area is 137 Å². The zero-order valence-electron chi connectivity index (χ0n) is 12.4. The van der Waals surface area contributed by atoms with Crippen LogP contribution in [0.25, 0.3) is 10.9 Å². The first-order chi connectivity index (χ1) is 11.2. The minimum absolute atomic E-state index is 0.105. The first kappa shape index (κ1) is 15.5. The van der Waals surface area contributed by atoms with E-state index < -0.39 is 0 Å². The van der Waals surface area contributed by atoms with Gasteiger partial charge in [0.05, 0.1) is 10.9 Å². The first-order valence-electron chi connectivity index (χ1n) is 7.17. The quantitative estimate of drug-likeness (QED) is 0.404. The molecule has 0 spiro atoms. The molecule has 0 saturated carbocycles. The van der Waals surface area contributed by atoms with Crippen LogP contribution in [0.4, 0.5) is 4.39 Å². The fraction of sp³-hybridized carbons (Fsp3) is 0.111. The SMILES string of the molecule is C=CCn1c(SCc2ccccc2F)nc2ccccc2c1=O. The van der Waals surface area contributed by atoms with Gasteiger partial charge in [0, 0.05) is 12.3 Å². The molecule has 5 heteroatoms. The number of aromatic nitrogens is 2. The van der Waals surface area contributed by atoms with Crippen LogP contribution in [-0.2, 0) is 12.3 Å². The summed E-state index contributed by atoms with van der Waals surface area (Å²) in [6.07, 6.45) is 1.66. The van der Waals surface area contributed by atoms with Gasteiger partial charge in [0.15, 0.2) is 5.16 Å². The van der Waals surface area contributed by atoms with Crippen LogP contribution >= 0.6 is 11.8 Å². The fourth-order valence-corrected chi connectivity index (χ4v) is 3.30. The zero-order valence-corrected chi connectivity index (χ0v) is 13.2. The molecule has 0 bridgehead atoms. The topological polar surface area (TPSA) is 34.9 Å². The Kier molecular flexibility index (Phi) is 4.57. The third-order valence-electron chi connectivity index (χ3n) is 3.45. The highest BCUT2D eigenvalue weighted by molar-refractivity contribution is 7.98. The van der Waals surface area contributed by atoms with E-state index in [1.165, 1.54) is 17.8 Å². The molecule has 23 heavy (non-hydrogen) atoms. The predicted molar refractivity (Wildman–Crippen MR) is 92.2 cm³/mol. The molecule has 3 aromatic rings. The number of benzene rings is 2. The molecule has 1 heterocycles. The van der Waals surface area contributed by atoms with Crippen molar-refractivity contribution in [2.24, 2.45) is 0 Å². The van der Waals surface area contributed by atoms with Crippen molar-refractivity contribution >= 4 is 22.7 Å².